The Bertz CT molecular complexity index is 3550. The van der Waals surface area contributed by atoms with E-state index in [4.69, 9.17) is 4.74 Å². The average molecular weight is 949 g/mol. The van der Waals surface area contributed by atoms with Gasteiger partial charge in [-0.15, -0.1) is 0 Å². The molecule has 4 heteroatoms. The van der Waals surface area contributed by atoms with Crippen molar-refractivity contribution in [3.05, 3.63) is 222 Å². The lowest BCUT2D eigenvalue weighted by atomic mass is 9.33. The summed E-state index contributed by atoms with van der Waals surface area (Å²) in [5.74, 6) is 1.86. The van der Waals surface area contributed by atoms with Crippen LogP contribution < -0.4 is 30.9 Å². The summed E-state index contributed by atoms with van der Waals surface area (Å²) in [6.07, 6.45) is 0. The molecule has 0 spiro atoms. The minimum atomic E-state index is -0.289. The first-order valence-electron chi connectivity index (χ1n) is 26.2. The third-order valence-electron chi connectivity index (χ3n) is 16.0. The first-order chi connectivity index (χ1) is 34.8. The van der Waals surface area contributed by atoms with Crippen LogP contribution >= 0.6 is 0 Å². The Hall–Kier alpha value is -7.56. The molecule has 3 aliphatic rings. The fraction of sp³-hybridized carbons (Fsp3) is 0.217. The molecule has 0 saturated carbocycles. The van der Waals surface area contributed by atoms with Crippen LogP contribution in [0.1, 0.15) is 104 Å². The molecule has 12 rings (SSSR count). The fourth-order valence-corrected chi connectivity index (χ4v) is 11.7. The SMILES string of the molecule is CC(C)(C)c1ccc(-c2ccc(N3c4ccc(-c5ccc(C(C)(C)C)cc5)cc4B4c5cc6c(cc5Oc5cc(C(C)(C)C)cc3c54)-c3ccc(N(c4ccccc4)c4ccccc4)cc3C6(C)C)cc2)cc1. The van der Waals surface area contributed by atoms with E-state index in [1.54, 1.807) is 0 Å². The molecule has 0 radical (unpaired) electrons. The van der Waals surface area contributed by atoms with E-state index in [2.05, 4.69) is 280 Å². The van der Waals surface area contributed by atoms with Gasteiger partial charge in [-0.1, -0.05) is 197 Å². The van der Waals surface area contributed by atoms with E-state index in [-0.39, 0.29) is 28.4 Å². The highest BCUT2D eigenvalue weighted by atomic mass is 16.5. The summed E-state index contributed by atoms with van der Waals surface area (Å²) in [6.45, 7) is 25.3. The third kappa shape index (κ3) is 7.89. The highest BCUT2D eigenvalue weighted by molar-refractivity contribution is 6.99. The van der Waals surface area contributed by atoms with E-state index < -0.39 is 0 Å². The molecule has 0 amide bonds. The van der Waals surface area contributed by atoms with Gasteiger partial charge in [-0.3, -0.25) is 0 Å². The zero-order valence-electron chi connectivity index (χ0n) is 44.4. The second-order valence-electron chi connectivity index (χ2n) is 24.3. The molecule has 0 N–H and O–H groups in total. The molecular formula is C69H65BN2O. The van der Waals surface area contributed by atoms with Gasteiger partial charge in [0.2, 0.25) is 0 Å². The van der Waals surface area contributed by atoms with Gasteiger partial charge in [-0.2, -0.15) is 0 Å². The lowest BCUT2D eigenvalue weighted by Crippen LogP contribution is -2.59. The standard InChI is InChI=1S/C69H65BN2O/c1-66(2,3)48-29-22-44(23-30-48)45-26-33-53(34-27-45)72-61-37-28-47(46-24-31-49(32-25-46)67(4,5)6)38-59(61)70-60-43-58-56(42-63(60)73-64-40-50(68(7,8)9)39-62(72)65(64)70)55-36-35-54(41-57(55)69(58,10)11)71(51-18-14-12-15-19-51)52-20-16-13-17-21-52/h12-43H,1-11H3. The van der Waals surface area contributed by atoms with Gasteiger partial charge in [0.15, 0.2) is 0 Å². The summed E-state index contributed by atoms with van der Waals surface area (Å²) in [4.78, 5) is 4.88. The van der Waals surface area contributed by atoms with Crippen LogP contribution in [0.5, 0.6) is 11.5 Å². The first kappa shape index (κ1) is 46.5. The summed E-state index contributed by atoms with van der Waals surface area (Å²) in [5, 5.41) is 0. The van der Waals surface area contributed by atoms with Crippen molar-refractivity contribution in [1.82, 2.24) is 0 Å². The molecule has 0 bridgehead atoms. The molecule has 3 nitrogen and oxygen atoms in total. The maximum absolute atomic E-state index is 7.38. The average Bonchev–Trinajstić information content (AvgIpc) is 3.59. The third-order valence-corrected chi connectivity index (χ3v) is 16.0. The predicted octanol–water partition coefficient (Wildman–Crippen LogP) is 17.1. The van der Waals surface area contributed by atoms with E-state index in [0.29, 0.717) is 0 Å². The molecule has 1 aliphatic carbocycles. The molecule has 9 aromatic rings. The fourth-order valence-electron chi connectivity index (χ4n) is 11.7. The van der Waals surface area contributed by atoms with Crippen LogP contribution in [-0.2, 0) is 21.7 Å². The normalized spacial score (nSPS) is 14.1. The monoisotopic (exact) mass is 949 g/mol. The molecular weight excluding hydrogens is 884 g/mol. The maximum Gasteiger partial charge on any atom is 0.256 e. The number of hydrogen-bond donors (Lipinski definition) is 0. The van der Waals surface area contributed by atoms with Crippen LogP contribution in [0.4, 0.5) is 34.1 Å². The smallest absolute Gasteiger partial charge is 0.256 e. The lowest BCUT2D eigenvalue weighted by molar-refractivity contribution is 0.483. The summed E-state index contributed by atoms with van der Waals surface area (Å²) in [6, 6.07) is 72.8. The van der Waals surface area contributed by atoms with Gasteiger partial charge in [0, 0.05) is 39.5 Å². The van der Waals surface area contributed by atoms with Gasteiger partial charge in [-0.05, 0) is 167 Å². The van der Waals surface area contributed by atoms with Gasteiger partial charge in [0.05, 0.1) is 0 Å². The number of para-hydroxylation sites is 2. The van der Waals surface area contributed by atoms with Gasteiger partial charge >= 0.3 is 0 Å². The molecule has 2 heterocycles. The van der Waals surface area contributed by atoms with Crippen LogP contribution in [0.2, 0.25) is 0 Å². The Morgan fingerprint density at radius 3 is 1.49 bits per heavy atom. The molecule has 360 valence electrons. The largest absolute Gasteiger partial charge is 0.458 e. The highest BCUT2D eigenvalue weighted by Gasteiger charge is 2.46. The second kappa shape index (κ2) is 16.8. The Balaban J connectivity index is 1.03. The zero-order valence-corrected chi connectivity index (χ0v) is 44.4. The van der Waals surface area contributed by atoms with E-state index >= 15 is 0 Å². The number of benzene rings is 9. The first-order valence-corrected chi connectivity index (χ1v) is 26.2. The second-order valence-corrected chi connectivity index (χ2v) is 24.3. The van der Waals surface area contributed by atoms with Crippen molar-refractivity contribution in [2.75, 3.05) is 9.80 Å². The quantitative estimate of drug-likeness (QED) is 0.155. The Morgan fingerprint density at radius 2 is 0.932 bits per heavy atom. The molecule has 0 aromatic heterocycles. The molecule has 2 aliphatic heterocycles. The number of hydrogen-bond acceptors (Lipinski definition) is 3. The lowest BCUT2D eigenvalue weighted by Gasteiger charge is -2.41. The number of rotatable bonds is 6. The Morgan fingerprint density at radius 1 is 0.411 bits per heavy atom. The molecule has 0 saturated heterocycles. The predicted molar refractivity (Wildman–Crippen MR) is 312 cm³/mol. The van der Waals surface area contributed by atoms with E-state index in [1.165, 1.54) is 89.0 Å². The molecule has 0 unspecified atom stereocenters. The number of fused-ring (bicyclic) bond motifs is 7. The molecule has 73 heavy (non-hydrogen) atoms. The molecule has 0 atom stereocenters. The van der Waals surface area contributed by atoms with Crippen LogP contribution in [0.25, 0.3) is 33.4 Å². The zero-order chi connectivity index (χ0) is 50.8. The highest BCUT2D eigenvalue weighted by Crippen LogP contribution is 2.53. The van der Waals surface area contributed by atoms with Crippen molar-refractivity contribution in [3.8, 4) is 44.9 Å². The van der Waals surface area contributed by atoms with Crippen molar-refractivity contribution < 1.29 is 4.74 Å². The van der Waals surface area contributed by atoms with Crippen LogP contribution in [0.3, 0.4) is 0 Å². The summed E-state index contributed by atoms with van der Waals surface area (Å²) >= 11 is 0. The van der Waals surface area contributed by atoms with Gasteiger partial charge in [-0.25, -0.2) is 0 Å². The van der Waals surface area contributed by atoms with Crippen molar-refractivity contribution >= 4 is 57.2 Å². The topological polar surface area (TPSA) is 15.7 Å². The van der Waals surface area contributed by atoms with Crippen molar-refractivity contribution in [2.24, 2.45) is 0 Å². The summed E-state index contributed by atoms with van der Waals surface area (Å²) in [7, 11) is 0. The molecule has 0 fully saturated rings. The van der Waals surface area contributed by atoms with E-state index in [0.717, 1.165) is 34.2 Å². The molecule has 9 aromatic carbocycles. The summed E-state index contributed by atoms with van der Waals surface area (Å²) in [5.41, 5.74) is 24.2. The van der Waals surface area contributed by atoms with Gasteiger partial charge in [0.1, 0.15) is 11.5 Å². The minimum Gasteiger partial charge on any atom is -0.458 e. The summed E-state index contributed by atoms with van der Waals surface area (Å²) < 4.78 is 7.38. The van der Waals surface area contributed by atoms with Crippen molar-refractivity contribution in [2.45, 2.75) is 97.8 Å². The number of nitrogens with zero attached hydrogens (tertiary/aromatic N) is 2. The Kier molecular flexibility index (Phi) is 10.7. The van der Waals surface area contributed by atoms with E-state index in [9.17, 15) is 0 Å². The van der Waals surface area contributed by atoms with E-state index in [1.807, 2.05) is 0 Å². The van der Waals surface area contributed by atoms with Crippen molar-refractivity contribution in [3.63, 3.8) is 0 Å². The van der Waals surface area contributed by atoms with Crippen LogP contribution in [0, 0.1) is 0 Å². The number of ether oxygens (including phenoxy) is 1. The van der Waals surface area contributed by atoms with Gasteiger partial charge < -0.3 is 14.5 Å². The maximum atomic E-state index is 7.38. The van der Waals surface area contributed by atoms with Gasteiger partial charge in [0.25, 0.3) is 6.71 Å². The number of anilines is 6. The van der Waals surface area contributed by atoms with Crippen LogP contribution in [0.15, 0.2) is 194 Å². The van der Waals surface area contributed by atoms with Crippen LogP contribution in [-0.4, -0.2) is 6.71 Å². The Labute approximate surface area is 434 Å². The van der Waals surface area contributed by atoms with Crippen molar-refractivity contribution in [1.29, 1.82) is 0 Å². The minimum absolute atomic E-state index is 0.0660.